The van der Waals surface area contributed by atoms with E-state index >= 15 is 0 Å². The van der Waals surface area contributed by atoms with E-state index in [1.165, 1.54) is 17.8 Å². The number of nitrogen functional groups attached to an aromatic ring is 1. The van der Waals surface area contributed by atoms with Gasteiger partial charge in [-0.1, -0.05) is 0 Å². The second kappa shape index (κ2) is 5.61. The lowest BCUT2D eigenvalue weighted by Gasteiger charge is -2.18. The zero-order valence-corrected chi connectivity index (χ0v) is 10.4. The van der Waals surface area contributed by atoms with Gasteiger partial charge in [-0.3, -0.25) is 0 Å². The first kappa shape index (κ1) is 11.8. The Balaban J connectivity index is 1.67. The zero-order chi connectivity index (χ0) is 11.4. The number of thiazole rings is 1. The largest absolute Gasteiger partial charge is 0.381 e. The van der Waals surface area contributed by atoms with E-state index in [-0.39, 0.29) is 0 Å². The van der Waals surface area contributed by atoms with Crippen molar-refractivity contribution >= 4 is 16.5 Å². The summed E-state index contributed by atoms with van der Waals surface area (Å²) < 4.78 is 5.38. The maximum atomic E-state index is 5.58. The molecule has 1 aliphatic rings. The summed E-state index contributed by atoms with van der Waals surface area (Å²) >= 11 is 1.51. The molecule has 2 atom stereocenters. The van der Waals surface area contributed by atoms with Gasteiger partial charge in [-0.15, -0.1) is 11.3 Å². The monoisotopic (exact) mass is 241 g/mol. The fraction of sp³-hybridized carbons (Fsp3) is 0.727. The maximum absolute atomic E-state index is 5.58. The summed E-state index contributed by atoms with van der Waals surface area (Å²) in [4.78, 5) is 4.24. The number of hydrogen-bond donors (Lipinski definition) is 2. The summed E-state index contributed by atoms with van der Waals surface area (Å²) in [5, 5.41) is 6.21. The van der Waals surface area contributed by atoms with Crippen LogP contribution in [0.2, 0.25) is 0 Å². The number of rotatable bonds is 5. The Hall–Kier alpha value is -0.650. The van der Waals surface area contributed by atoms with E-state index in [4.69, 9.17) is 10.5 Å². The average molecular weight is 241 g/mol. The van der Waals surface area contributed by atoms with Crippen LogP contribution in [-0.2, 0) is 11.2 Å². The standard InChI is InChI=1S/C11H19N3OS/c1-8(9-3-5-15-6-9)13-4-2-10-7-16-11(12)14-10/h7-9,13H,2-6H2,1H3,(H2,12,14). The minimum absolute atomic E-state index is 0.526. The molecule has 0 aromatic carbocycles. The van der Waals surface area contributed by atoms with Crippen LogP contribution in [0.5, 0.6) is 0 Å². The van der Waals surface area contributed by atoms with Crippen LogP contribution < -0.4 is 11.1 Å². The SMILES string of the molecule is CC(NCCc1csc(N)n1)C1CCOC1. The average Bonchev–Trinajstić information content (AvgIpc) is 2.89. The lowest BCUT2D eigenvalue weighted by molar-refractivity contribution is 0.178. The van der Waals surface area contributed by atoms with Crippen LogP contribution >= 0.6 is 11.3 Å². The Labute approximate surface area is 100 Å². The molecule has 0 bridgehead atoms. The van der Waals surface area contributed by atoms with Gasteiger partial charge in [-0.2, -0.15) is 0 Å². The van der Waals surface area contributed by atoms with E-state index in [0.29, 0.717) is 17.1 Å². The van der Waals surface area contributed by atoms with Crippen molar-refractivity contribution in [1.82, 2.24) is 10.3 Å². The van der Waals surface area contributed by atoms with E-state index in [1.54, 1.807) is 0 Å². The van der Waals surface area contributed by atoms with Crippen molar-refractivity contribution in [2.45, 2.75) is 25.8 Å². The van der Waals surface area contributed by atoms with Gasteiger partial charge >= 0.3 is 0 Å². The minimum Gasteiger partial charge on any atom is -0.381 e. The van der Waals surface area contributed by atoms with Crippen LogP contribution in [0.25, 0.3) is 0 Å². The van der Waals surface area contributed by atoms with Crippen LogP contribution in [0.15, 0.2) is 5.38 Å². The molecule has 0 amide bonds. The molecule has 90 valence electrons. The molecule has 1 saturated heterocycles. The smallest absolute Gasteiger partial charge is 0.180 e. The van der Waals surface area contributed by atoms with Crippen LogP contribution in [0.4, 0.5) is 5.13 Å². The van der Waals surface area contributed by atoms with Crippen molar-refractivity contribution in [3.63, 3.8) is 0 Å². The molecular weight excluding hydrogens is 222 g/mol. The van der Waals surface area contributed by atoms with Crippen molar-refractivity contribution in [3.05, 3.63) is 11.1 Å². The lowest BCUT2D eigenvalue weighted by Crippen LogP contribution is -2.35. The zero-order valence-electron chi connectivity index (χ0n) is 9.61. The summed E-state index contributed by atoms with van der Waals surface area (Å²) in [6, 6.07) is 0.526. The van der Waals surface area contributed by atoms with Crippen LogP contribution in [-0.4, -0.2) is 30.8 Å². The third-order valence-corrected chi connectivity index (χ3v) is 3.81. The Morgan fingerprint density at radius 1 is 1.75 bits per heavy atom. The van der Waals surface area contributed by atoms with E-state index in [2.05, 4.69) is 17.2 Å². The number of nitrogens with one attached hydrogen (secondary N) is 1. The summed E-state index contributed by atoms with van der Waals surface area (Å²) in [6.07, 6.45) is 2.13. The van der Waals surface area contributed by atoms with Crippen molar-refractivity contribution in [2.24, 2.45) is 5.92 Å². The molecule has 2 unspecified atom stereocenters. The fourth-order valence-corrected chi connectivity index (χ4v) is 2.58. The molecule has 1 aliphatic heterocycles. The van der Waals surface area contributed by atoms with Gasteiger partial charge in [0.05, 0.1) is 12.3 Å². The molecule has 4 nitrogen and oxygen atoms in total. The highest BCUT2D eigenvalue weighted by Crippen LogP contribution is 2.16. The van der Waals surface area contributed by atoms with Gasteiger partial charge < -0.3 is 15.8 Å². The molecule has 0 spiro atoms. The van der Waals surface area contributed by atoms with Gasteiger partial charge in [0, 0.05) is 31.0 Å². The van der Waals surface area contributed by atoms with Crippen molar-refractivity contribution in [3.8, 4) is 0 Å². The maximum Gasteiger partial charge on any atom is 0.180 e. The second-order valence-corrected chi connectivity index (χ2v) is 5.18. The molecule has 0 aliphatic carbocycles. The van der Waals surface area contributed by atoms with Gasteiger partial charge in [0.2, 0.25) is 0 Å². The fourth-order valence-electron chi connectivity index (χ4n) is 1.98. The third kappa shape index (κ3) is 3.17. The summed E-state index contributed by atoms with van der Waals surface area (Å²) in [5.41, 5.74) is 6.67. The molecule has 2 rings (SSSR count). The Kier molecular flexibility index (Phi) is 4.15. The quantitative estimate of drug-likeness (QED) is 0.815. The van der Waals surface area contributed by atoms with E-state index < -0.39 is 0 Å². The van der Waals surface area contributed by atoms with Crippen LogP contribution in [0.3, 0.4) is 0 Å². The Morgan fingerprint density at radius 3 is 3.25 bits per heavy atom. The molecule has 3 N–H and O–H groups in total. The normalized spacial score (nSPS) is 22.4. The van der Waals surface area contributed by atoms with Gasteiger partial charge in [0.15, 0.2) is 5.13 Å². The van der Waals surface area contributed by atoms with Gasteiger partial charge in [-0.25, -0.2) is 4.98 Å². The van der Waals surface area contributed by atoms with E-state index in [9.17, 15) is 0 Å². The van der Waals surface area contributed by atoms with E-state index in [1.807, 2.05) is 5.38 Å². The number of nitrogens with two attached hydrogens (primary N) is 1. The molecule has 1 aromatic heterocycles. The molecule has 0 radical (unpaired) electrons. The summed E-state index contributed by atoms with van der Waals surface area (Å²) in [6.45, 7) is 5.01. The number of nitrogens with zero attached hydrogens (tertiary/aromatic N) is 1. The molecule has 1 fully saturated rings. The van der Waals surface area contributed by atoms with Crippen molar-refractivity contribution in [2.75, 3.05) is 25.5 Å². The summed E-state index contributed by atoms with van der Waals surface area (Å²) in [7, 11) is 0. The molecule has 0 saturated carbocycles. The first-order chi connectivity index (χ1) is 7.75. The number of anilines is 1. The highest BCUT2D eigenvalue weighted by molar-refractivity contribution is 7.13. The van der Waals surface area contributed by atoms with Gasteiger partial charge in [0.1, 0.15) is 0 Å². The second-order valence-electron chi connectivity index (χ2n) is 4.29. The Bertz CT molecular complexity index is 323. The lowest BCUT2D eigenvalue weighted by atomic mass is 10.0. The highest BCUT2D eigenvalue weighted by Gasteiger charge is 2.21. The van der Waals surface area contributed by atoms with Crippen LogP contribution in [0, 0.1) is 5.92 Å². The van der Waals surface area contributed by atoms with Crippen molar-refractivity contribution in [1.29, 1.82) is 0 Å². The van der Waals surface area contributed by atoms with Gasteiger partial charge in [-0.05, 0) is 19.3 Å². The number of ether oxygens (including phenoxy) is 1. The Morgan fingerprint density at radius 2 is 2.62 bits per heavy atom. The molecular formula is C11H19N3OS. The first-order valence-electron chi connectivity index (χ1n) is 5.76. The minimum atomic E-state index is 0.526. The number of aromatic nitrogens is 1. The molecule has 16 heavy (non-hydrogen) atoms. The summed E-state index contributed by atoms with van der Waals surface area (Å²) in [5.74, 6) is 0.667. The topological polar surface area (TPSA) is 60.2 Å². The van der Waals surface area contributed by atoms with Crippen molar-refractivity contribution < 1.29 is 4.74 Å². The van der Waals surface area contributed by atoms with Gasteiger partial charge in [0.25, 0.3) is 0 Å². The molecule has 2 heterocycles. The number of hydrogen-bond acceptors (Lipinski definition) is 5. The first-order valence-corrected chi connectivity index (χ1v) is 6.64. The predicted octanol–water partition coefficient (Wildman–Crippen LogP) is 1.28. The molecule has 1 aromatic rings. The molecule has 5 heteroatoms. The third-order valence-electron chi connectivity index (χ3n) is 3.09. The van der Waals surface area contributed by atoms with Crippen LogP contribution in [0.1, 0.15) is 19.0 Å². The van der Waals surface area contributed by atoms with E-state index in [0.717, 1.165) is 31.9 Å². The predicted molar refractivity (Wildman–Crippen MR) is 66.6 cm³/mol. The highest BCUT2D eigenvalue weighted by atomic mass is 32.1.